The molecule has 0 spiro atoms. The van der Waals surface area contributed by atoms with E-state index >= 15 is 0 Å². The first-order valence-corrected chi connectivity index (χ1v) is 5.03. The number of hydrogen-bond donors (Lipinski definition) is 1. The van der Waals surface area contributed by atoms with Crippen LogP contribution in [0.25, 0.3) is 5.65 Å². The Kier molecular flexibility index (Phi) is 2.72. The van der Waals surface area contributed by atoms with Gasteiger partial charge in [0.1, 0.15) is 5.69 Å². The number of carboxylic acid groups (broad SMARTS) is 1. The number of carboxylic acids is 1. The number of nitrogens with zero attached hydrogens (tertiary/aromatic N) is 3. The van der Waals surface area contributed by atoms with Crippen LogP contribution in [0.1, 0.15) is 28.8 Å². The summed E-state index contributed by atoms with van der Waals surface area (Å²) in [6.45, 7) is 1.66. The lowest BCUT2D eigenvalue weighted by Crippen LogP contribution is -2.14. The summed E-state index contributed by atoms with van der Waals surface area (Å²) in [4.78, 5) is 14.6. The third kappa shape index (κ3) is 2.01. The number of aromatic nitrogens is 3. The number of aryl methyl sites for hydroxylation is 1. The van der Waals surface area contributed by atoms with Crippen molar-refractivity contribution in [2.75, 3.05) is 0 Å². The summed E-state index contributed by atoms with van der Waals surface area (Å²) in [5, 5.41) is 12.1. The maximum Gasteiger partial charge on any atom is 0.433 e. The average molecular weight is 259 g/mol. The predicted octanol–water partition coefficient (Wildman–Crippen LogP) is 2.01. The highest BCUT2D eigenvalue weighted by Gasteiger charge is 2.35. The molecule has 0 saturated heterocycles. The third-order valence-corrected chi connectivity index (χ3v) is 2.35. The molecule has 0 unspecified atom stereocenters. The fraction of sp³-hybridized carbons (Fsp3) is 0.300. The van der Waals surface area contributed by atoms with E-state index in [0.717, 1.165) is 12.1 Å². The zero-order valence-electron chi connectivity index (χ0n) is 9.19. The number of fused-ring (bicyclic) bond motifs is 1. The van der Waals surface area contributed by atoms with Gasteiger partial charge in [-0.25, -0.2) is 14.3 Å². The molecule has 2 rings (SSSR count). The van der Waals surface area contributed by atoms with Gasteiger partial charge in [-0.15, -0.1) is 0 Å². The zero-order chi connectivity index (χ0) is 13.5. The van der Waals surface area contributed by atoms with Crippen molar-refractivity contribution in [2.45, 2.75) is 19.5 Å². The molecule has 0 fully saturated rings. The molecule has 8 heteroatoms. The largest absolute Gasteiger partial charge is 0.476 e. The first-order chi connectivity index (χ1) is 8.32. The summed E-state index contributed by atoms with van der Waals surface area (Å²) in [7, 11) is 0. The summed E-state index contributed by atoms with van der Waals surface area (Å²) in [6, 6.07) is 1.88. The highest BCUT2D eigenvalue weighted by atomic mass is 19.4. The topological polar surface area (TPSA) is 67.5 Å². The van der Waals surface area contributed by atoms with Crippen molar-refractivity contribution in [3.05, 3.63) is 29.2 Å². The lowest BCUT2D eigenvalue weighted by atomic mass is 10.2. The number of alkyl halides is 3. The Morgan fingerprint density at radius 3 is 2.61 bits per heavy atom. The monoisotopic (exact) mass is 259 g/mol. The Labute approximate surface area is 98.9 Å². The van der Waals surface area contributed by atoms with E-state index in [2.05, 4.69) is 10.1 Å². The molecule has 0 bridgehead atoms. The van der Waals surface area contributed by atoms with Crippen LogP contribution in [0.5, 0.6) is 0 Å². The molecular weight excluding hydrogens is 251 g/mol. The summed E-state index contributed by atoms with van der Waals surface area (Å²) in [6.07, 6.45) is -4.31. The van der Waals surface area contributed by atoms with Gasteiger partial charge in [0.05, 0.1) is 0 Å². The van der Waals surface area contributed by atoms with Crippen LogP contribution in [-0.4, -0.2) is 25.7 Å². The highest BCUT2D eigenvalue weighted by molar-refractivity contribution is 5.86. The normalized spacial score (nSPS) is 12.0. The first kappa shape index (κ1) is 12.3. The molecule has 0 atom stereocenters. The third-order valence-electron chi connectivity index (χ3n) is 2.35. The Morgan fingerprint density at radius 2 is 2.11 bits per heavy atom. The van der Waals surface area contributed by atoms with Crippen molar-refractivity contribution in [3.63, 3.8) is 0 Å². The van der Waals surface area contributed by atoms with Crippen LogP contribution in [0, 0.1) is 0 Å². The second kappa shape index (κ2) is 3.97. The van der Waals surface area contributed by atoms with Crippen LogP contribution in [0.2, 0.25) is 0 Å². The minimum absolute atomic E-state index is 0.126. The van der Waals surface area contributed by atoms with Crippen molar-refractivity contribution in [1.82, 2.24) is 14.6 Å². The molecule has 0 radical (unpaired) electrons. The van der Waals surface area contributed by atoms with Crippen LogP contribution < -0.4 is 0 Å². The molecule has 2 aromatic heterocycles. The quantitative estimate of drug-likeness (QED) is 0.895. The lowest BCUT2D eigenvalue weighted by Gasteiger charge is -2.09. The minimum atomic E-state index is -4.62. The SMILES string of the molecule is CCc1cc(C(F)(F)F)n2nc(C(=O)O)cc2n1. The van der Waals surface area contributed by atoms with Gasteiger partial charge < -0.3 is 5.11 Å². The van der Waals surface area contributed by atoms with Gasteiger partial charge in [0, 0.05) is 11.8 Å². The number of carbonyl (C=O) groups is 1. The zero-order valence-corrected chi connectivity index (χ0v) is 9.19. The average Bonchev–Trinajstić information content (AvgIpc) is 2.69. The van der Waals surface area contributed by atoms with Crippen molar-refractivity contribution >= 4 is 11.6 Å². The van der Waals surface area contributed by atoms with Crippen molar-refractivity contribution in [3.8, 4) is 0 Å². The van der Waals surface area contributed by atoms with Gasteiger partial charge in [0.25, 0.3) is 0 Å². The van der Waals surface area contributed by atoms with Gasteiger partial charge >= 0.3 is 12.1 Å². The highest BCUT2D eigenvalue weighted by Crippen LogP contribution is 2.30. The molecule has 2 aromatic rings. The summed E-state index contributed by atoms with van der Waals surface area (Å²) in [5.41, 5.74) is -1.40. The van der Waals surface area contributed by atoms with E-state index in [9.17, 15) is 18.0 Å². The van der Waals surface area contributed by atoms with Crippen molar-refractivity contribution in [2.24, 2.45) is 0 Å². The molecule has 5 nitrogen and oxygen atoms in total. The Bertz CT molecular complexity index is 619. The van der Waals surface area contributed by atoms with E-state index in [0.29, 0.717) is 10.9 Å². The maximum atomic E-state index is 12.8. The molecule has 1 N–H and O–H groups in total. The van der Waals surface area contributed by atoms with Gasteiger partial charge in [-0.3, -0.25) is 0 Å². The molecule has 0 aliphatic carbocycles. The molecule has 0 aliphatic rings. The number of halogens is 3. The predicted molar refractivity (Wildman–Crippen MR) is 54.3 cm³/mol. The Balaban J connectivity index is 2.77. The first-order valence-electron chi connectivity index (χ1n) is 5.03. The van der Waals surface area contributed by atoms with E-state index in [1.807, 2.05) is 0 Å². The minimum Gasteiger partial charge on any atom is -0.476 e. The molecule has 0 aromatic carbocycles. The van der Waals surface area contributed by atoms with Gasteiger partial charge in [-0.05, 0) is 12.5 Å². The second-order valence-corrected chi connectivity index (χ2v) is 3.59. The molecule has 0 aliphatic heterocycles. The molecular formula is C10H8F3N3O2. The van der Waals surface area contributed by atoms with E-state index < -0.39 is 23.5 Å². The van der Waals surface area contributed by atoms with Crippen molar-refractivity contribution < 1.29 is 23.1 Å². The smallest absolute Gasteiger partial charge is 0.433 e. The van der Waals surface area contributed by atoms with Crippen LogP contribution in [-0.2, 0) is 12.6 Å². The van der Waals surface area contributed by atoms with Crippen LogP contribution in [0.4, 0.5) is 13.2 Å². The van der Waals surface area contributed by atoms with Gasteiger partial charge in [-0.2, -0.15) is 18.3 Å². The maximum absolute atomic E-state index is 12.8. The molecule has 0 amide bonds. The van der Waals surface area contributed by atoms with Gasteiger partial charge in [0.15, 0.2) is 11.3 Å². The molecule has 96 valence electrons. The number of rotatable bonds is 2. The fourth-order valence-electron chi connectivity index (χ4n) is 1.51. The van der Waals surface area contributed by atoms with Crippen LogP contribution in [0.15, 0.2) is 12.1 Å². The van der Waals surface area contributed by atoms with Crippen LogP contribution in [0.3, 0.4) is 0 Å². The van der Waals surface area contributed by atoms with Gasteiger partial charge in [0.2, 0.25) is 0 Å². The Morgan fingerprint density at radius 1 is 1.44 bits per heavy atom. The fourth-order valence-corrected chi connectivity index (χ4v) is 1.51. The van der Waals surface area contributed by atoms with Gasteiger partial charge in [-0.1, -0.05) is 6.92 Å². The number of aromatic carboxylic acids is 1. The van der Waals surface area contributed by atoms with E-state index in [4.69, 9.17) is 5.11 Å². The molecule has 18 heavy (non-hydrogen) atoms. The van der Waals surface area contributed by atoms with Crippen molar-refractivity contribution in [1.29, 1.82) is 0 Å². The molecule has 0 saturated carbocycles. The summed E-state index contributed by atoms with van der Waals surface area (Å²) in [5.74, 6) is -1.40. The van der Waals surface area contributed by atoms with E-state index in [1.165, 1.54) is 0 Å². The number of hydrogen-bond acceptors (Lipinski definition) is 3. The van der Waals surface area contributed by atoms with Crippen LogP contribution >= 0.6 is 0 Å². The Hall–Kier alpha value is -2.12. The standard InChI is InChI=1S/C10H8F3N3O2/c1-2-5-3-7(10(11,12)13)16-8(14-5)4-6(15-16)9(17)18/h3-4H,2H2,1H3,(H,17,18). The summed E-state index contributed by atoms with van der Waals surface area (Å²) >= 11 is 0. The molecule has 2 heterocycles. The second-order valence-electron chi connectivity index (χ2n) is 3.59. The van der Waals surface area contributed by atoms with E-state index in [1.54, 1.807) is 6.92 Å². The lowest BCUT2D eigenvalue weighted by molar-refractivity contribution is -0.142. The van der Waals surface area contributed by atoms with E-state index in [-0.39, 0.29) is 11.3 Å². The summed E-state index contributed by atoms with van der Waals surface area (Å²) < 4.78 is 38.9.